The first-order valence-electron chi connectivity index (χ1n) is 13.5. The van der Waals surface area contributed by atoms with Crippen LogP contribution in [0.4, 0.5) is 14.7 Å². The third-order valence-electron chi connectivity index (χ3n) is 7.35. The second-order valence-corrected chi connectivity index (χ2v) is 9.49. The monoisotopic (exact) mass is 550 g/mol. The quantitative estimate of drug-likeness (QED) is 0.363. The largest absolute Gasteiger partial charge is 0.434 e. The van der Waals surface area contributed by atoms with Gasteiger partial charge in [-0.15, -0.1) is 0 Å². The Balaban J connectivity index is 0.00000158. The Morgan fingerprint density at radius 1 is 0.975 bits per heavy atom. The van der Waals surface area contributed by atoms with Crippen LogP contribution in [0.3, 0.4) is 0 Å². The van der Waals surface area contributed by atoms with E-state index in [2.05, 4.69) is 14.9 Å². The molecule has 4 aromatic rings. The maximum absolute atomic E-state index is 13.1. The summed E-state index contributed by atoms with van der Waals surface area (Å²) in [5, 5.41) is 0.562. The molecule has 2 aromatic carbocycles. The van der Waals surface area contributed by atoms with Gasteiger partial charge in [-0.1, -0.05) is 38.1 Å². The number of anilines is 1. The number of hydrogen-bond donors (Lipinski definition) is 0. The highest BCUT2D eigenvalue weighted by Crippen LogP contribution is 2.37. The minimum Gasteiger partial charge on any atom is -0.434 e. The molecule has 0 spiro atoms. The molecule has 1 atom stereocenters. The highest BCUT2D eigenvalue weighted by Gasteiger charge is 2.30. The number of fused-ring (bicyclic) bond motifs is 3. The minimum absolute atomic E-state index is 0.0693. The number of halogens is 2. The van der Waals surface area contributed by atoms with E-state index in [0.29, 0.717) is 61.6 Å². The van der Waals surface area contributed by atoms with E-state index in [4.69, 9.17) is 4.74 Å². The molecular formula is C29H32F2N6O3. The fraction of sp³-hybridized carbons (Fsp3) is 0.379. The zero-order valence-corrected chi connectivity index (χ0v) is 22.8. The van der Waals surface area contributed by atoms with Crippen molar-refractivity contribution in [3.8, 4) is 16.9 Å². The van der Waals surface area contributed by atoms with Crippen LogP contribution in [0.5, 0.6) is 5.75 Å². The lowest BCUT2D eigenvalue weighted by Crippen LogP contribution is -2.48. The smallest absolute Gasteiger partial charge is 0.387 e. The number of carbonyl (C=O) groups is 1. The maximum atomic E-state index is 13.1. The van der Waals surface area contributed by atoms with Crippen molar-refractivity contribution < 1.29 is 18.3 Å². The van der Waals surface area contributed by atoms with Gasteiger partial charge in [0, 0.05) is 63.2 Å². The zero-order valence-electron chi connectivity index (χ0n) is 22.8. The molecule has 1 fully saturated rings. The molecule has 11 heteroatoms. The van der Waals surface area contributed by atoms with E-state index in [0.717, 1.165) is 11.1 Å². The number of carbonyl (C=O) groups excluding carboxylic acids is 1. The summed E-state index contributed by atoms with van der Waals surface area (Å²) in [7, 11) is 0. The Morgan fingerprint density at radius 3 is 2.35 bits per heavy atom. The van der Waals surface area contributed by atoms with E-state index in [9.17, 15) is 18.4 Å². The minimum atomic E-state index is -2.94. The van der Waals surface area contributed by atoms with E-state index in [1.54, 1.807) is 48.3 Å². The van der Waals surface area contributed by atoms with Crippen molar-refractivity contribution in [3.63, 3.8) is 0 Å². The predicted octanol–water partition coefficient (Wildman–Crippen LogP) is 4.55. The molecule has 6 rings (SSSR count). The number of benzene rings is 2. The van der Waals surface area contributed by atoms with Crippen molar-refractivity contribution in [1.29, 1.82) is 0 Å². The van der Waals surface area contributed by atoms with Crippen LogP contribution in [0, 0.1) is 0 Å². The molecule has 40 heavy (non-hydrogen) atoms. The maximum Gasteiger partial charge on any atom is 0.387 e. The summed E-state index contributed by atoms with van der Waals surface area (Å²) in [6.45, 7) is 5.73. The van der Waals surface area contributed by atoms with Gasteiger partial charge in [-0.3, -0.25) is 14.3 Å². The van der Waals surface area contributed by atoms with Gasteiger partial charge in [-0.05, 0) is 30.2 Å². The molecule has 0 saturated carbocycles. The van der Waals surface area contributed by atoms with E-state index < -0.39 is 6.61 Å². The molecule has 210 valence electrons. The van der Waals surface area contributed by atoms with E-state index in [1.165, 1.54) is 6.07 Å². The molecule has 2 aromatic heterocycles. The van der Waals surface area contributed by atoms with E-state index in [-0.39, 0.29) is 23.3 Å². The van der Waals surface area contributed by atoms with Crippen molar-refractivity contribution in [1.82, 2.24) is 24.2 Å². The van der Waals surface area contributed by atoms with Gasteiger partial charge in [0.1, 0.15) is 5.75 Å². The molecule has 0 bridgehead atoms. The van der Waals surface area contributed by atoms with Gasteiger partial charge in [-0.2, -0.15) is 8.78 Å². The Bertz CT molecular complexity index is 1560. The molecule has 1 unspecified atom stereocenters. The number of piperazine rings is 1. The van der Waals surface area contributed by atoms with Crippen LogP contribution >= 0.6 is 0 Å². The first-order chi connectivity index (χ1) is 19.4. The molecule has 1 amide bonds. The van der Waals surface area contributed by atoms with Gasteiger partial charge in [0.05, 0.1) is 16.9 Å². The average Bonchev–Trinajstić information content (AvgIpc) is 3.53. The summed E-state index contributed by atoms with van der Waals surface area (Å²) in [5.74, 6) is 0.786. The average molecular weight is 551 g/mol. The third kappa shape index (κ3) is 5.03. The summed E-state index contributed by atoms with van der Waals surface area (Å²) in [4.78, 5) is 37.7. The molecule has 4 heterocycles. The van der Waals surface area contributed by atoms with Crippen LogP contribution in [-0.2, 0) is 11.3 Å². The van der Waals surface area contributed by atoms with Crippen LogP contribution in [0.2, 0.25) is 0 Å². The van der Waals surface area contributed by atoms with Gasteiger partial charge in [0.15, 0.2) is 0 Å². The van der Waals surface area contributed by atoms with Gasteiger partial charge >= 0.3 is 6.61 Å². The van der Waals surface area contributed by atoms with Gasteiger partial charge in [0.2, 0.25) is 11.9 Å². The number of alkyl halides is 2. The van der Waals surface area contributed by atoms with Crippen LogP contribution in [0.1, 0.15) is 38.8 Å². The SMILES string of the molecule is CC.CC(=O)N1CCN(c2ncc(-c3ccc4c(=O)n5n(c4c3)C(c3ccccc3OC(F)F)CC5)cn2)CC1. The molecular weight excluding hydrogens is 518 g/mol. The number of amides is 1. The standard InChI is InChI=1S/C27H26F2N6O3.C2H6/c1-17(36)32-10-12-33(13-11-32)27-30-15-19(16-31-27)18-6-7-21-23(14-18)35-22(8-9-34(35)25(21)37)20-4-2-3-5-24(20)38-26(28)29;1-2/h2-7,14-16,22,26H,8-13H2,1H3;1-2H3. The predicted molar refractivity (Wildman–Crippen MR) is 149 cm³/mol. The molecule has 9 nitrogen and oxygen atoms in total. The van der Waals surface area contributed by atoms with Crippen LogP contribution in [0.25, 0.3) is 22.0 Å². The van der Waals surface area contributed by atoms with Crippen molar-refractivity contribution in [2.75, 3.05) is 31.1 Å². The highest BCUT2D eigenvalue weighted by atomic mass is 19.3. The van der Waals surface area contributed by atoms with Gasteiger partial charge < -0.3 is 14.5 Å². The Morgan fingerprint density at radius 2 is 1.68 bits per heavy atom. The lowest BCUT2D eigenvalue weighted by atomic mass is 10.0. The van der Waals surface area contributed by atoms with E-state index in [1.807, 2.05) is 35.6 Å². The number of ether oxygens (including phenoxy) is 1. The summed E-state index contributed by atoms with van der Waals surface area (Å²) >= 11 is 0. The fourth-order valence-electron chi connectivity index (χ4n) is 5.46. The summed E-state index contributed by atoms with van der Waals surface area (Å²) < 4.78 is 34.5. The summed E-state index contributed by atoms with van der Waals surface area (Å²) in [6.07, 6.45) is 4.10. The van der Waals surface area contributed by atoms with Crippen molar-refractivity contribution in [2.24, 2.45) is 0 Å². The lowest BCUT2D eigenvalue weighted by molar-refractivity contribution is -0.129. The topological polar surface area (TPSA) is 85.5 Å². The Kier molecular flexibility index (Phi) is 7.81. The molecule has 0 radical (unpaired) electrons. The van der Waals surface area contributed by atoms with Gasteiger partial charge in [-0.25, -0.2) is 14.6 Å². The van der Waals surface area contributed by atoms with Gasteiger partial charge in [0.25, 0.3) is 5.56 Å². The highest BCUT2D eigenvalue weighted by molar-refractivity contribution is 5.84. The molecule has 1 saturated heterocycles. The normalized spacial score (nSPS) is 16.6. The number of nitrogens with zero attached hydrogens (tertiary/aromatic N) is 6. The number of para-hydroxylation sites is 1. The first kappa shape index (κ1) is 27.3. The summed E-state index contributed by atoms with van der Waals surface area (Å²) in [6, 6.07) is 12.0. The number of rotatable bonds is 5. The van der Waals surface area contributed by atoms with Crippen LogP contribution in [-0.4, -0.2) is 62.9 Å². The van der Waals surface area contributed by atoms with Crippen molar-refractivity contribution >= 4 is 22.8 Å². The van der Waals surface area contributed by atoms with Crippen molar-refractivity contribution in [3.05, 3.63) is 70.8 Å². The Labute approximate surface area is 230 Å². The second kappa shape index (κ2) is 11.4. The molecule has 2 aliphatic heterocycles. The molecule has 0 N–H and O–H groups in total. The first-order valence-corrected chi connectivity index (χ1v) is 13.5. The lowest BCUT2D eigenvalue weighted by Gasteiger charge is -2.34. The molecule has 2 aliphatic rings. The van der Waals surface area contributed by atoms with Crippen LogP contribution < -0.4 is 15.2 Å². The second-order valence-electron chi connectivity index (χ2n) is 9.49. The third-order valence-corrected chi connectivity index (χ3v) is 7.35. The number of aromatic nitrogens is 4. The van der Waals surface area contributed by atoms with Crippen LogP contribution in [0.15, 0.2) is 59.7 Å². The Hall–Kier alpha value is -4.28. The zero-order chi connectivity index (χ0) is 28.4. The molecule has 0 aliphatic carbocycles. The van der Waals surface area contributed by atoms with E-state index >= 15 is 0 Å². The summed E-state index contributed by atoms with van der Waals surface area (Å²) in [5.41, 5.74) is 2.85. The number of hydrogen-bond acceptors (Lipinski definition) is 6. The fourth-order valence-corrected chi connectivity index (χ4v) is 5.46. The van der Waals surface area contributed by atoms with Crippen molar-refractivity contribution in [2.45, 2.75) is 46.4 Å².